The van der Waals surface area contributed by atoms with Crippen LogP contribution in [0.1, 0.15) is 17.5 Å². The van der Waals surface area contributed by atoms with Crippen LogP contribution in [0.25, 0.3) is 10.2 Å². The van der Waals surface area contributed by atoms with Crippen LogP contribution in [0.5, 0.6) is 5.75 Å². The van der Waals surface area contributed by atoms with Gasteiger partial charge in [-0.2, -0.15) is 0 Å². The fraction of sp³-hybridized carbons (Fsp3) is 0.316. The first-order chi connectivity index (χ1) is 12.6. The van der Waals surface area contributed by atoms with Crippen molar-refractivity contribution in [3.63, 3.8) is 0 Å². The Bertz CT molecular complexity index is 978. The Hall–Kier alpha value is -2.67. The van der Waals surface area contributed by atoms with Gasteiger partial charge in [0.25, 0.3) is 5.56 Å². The third-order valence-electron chi connectivity index (χ3n) is 4.18. The number of amides is 1. The van der Waals surface area contributed by atoms with Crippen LogP contribution >= 0.6 is 11.3 Å². The van der Waals surface area contributed by atoms with E-state index in [-0.39, 0.29) is 17.9 Å². The van der Waals surface area contributed by atoms with Crippen LogP contribution < -0.4 is 15.6 Å². The summed E-state index contributed by atoms with van der Waals surface area (Å²) < 4.78 is 6.83. The second-order valence-electron chi connectivity index (χ2n) is 6.05. The molecule has 0 aliphatic heterocycles. The van der Waals surface area contributed by atoms with Gasteiger partial charge in [-0.05, 0) is 36.4 Å². The van der Waals surface area contributed by atoms with E-state index in [1.54, 1.807) is 13.2 Å². The van der Waals surface area contributed by atoms with E-state index in [1.165, 1.54) is 22.2 Å². The number of hydrogen-bond donors (Lipinski definition) is 1. The fourth-order valence-electron chi connectivity index (χ4n) is 2.80. The summed E-state index contributed by atoms with van der Waals surface area (Å²) in [6.07, 6.45) is 2.44. The Kier molecular flexibility index (Phi) is 5.68. The highest BCUT2D eigenvalue weighted by Gasteiger charge is 2.08. The van der Waals surface area contributed by atoms with Gasteiger partial charge in [0, 0.05) is 19.5 Å². The average molecular weight is 371 g/mol. The molecule has 1 N–H and O–H groups in total. The van der Waals surface area contributed by atoms with Crippen molar-refractivity contribution in [1.29, 1.82) is 0 Å². The summed E-state index contributed by atoms with van der Waals surface area (Å²) in [5.41, 5.74) is 2.12. The standard InChI is InChI=1S/C19H21N3O3S/c1-13-3-4-16(25-2)14(11-13)5-8-20-17(23)6-9-22-12-21-18-15(19(22)24)7-10-26-18/h3-4,7,10-12H,5-6,8-9H2,1-2H3,(H,20,23). The maximum absolute atomic E-state index is 12.3. The van der Waals surface area contributed by atoms with Crippen molar-refractivity contribution in [2.75, 3.05) is 13.7 Å². The first kappa shape index (κ1) is 18.1. The molecule has 0 unspecified atom stereocenters. The molecule has 1 aromatic carbocycles. The molecule has 7 heteroatoms. The molecular weight excluding hydrogens is 350 g/mol. The molecule has 0 saturated carbocycles. The molecule has 6 nitrogen and oxygen atoms in total. The minimum atomic E-state index is -0.103. The van der Waals surface area contributed by atoms with Gasteiger partial charge in [-0.15, -0.1) is 11.3 Å². The monoisotopic (exact) mass is 371 g/mol. The van der Waals surface area contributed by atoms with Crippen molar-refractivity contribution in [1.82, 2.24) is 14.9 Å². The first-order valence-electron chi connectivity index (χ1n) is 8.41. The lowest BCUT2D eigenvalue weighted by molar-refractivity contribution is -0.121. The smallest absolute Gasteiger partial charge is 0.262 e. The molecular formula is C19H21N3O3S. The number of carbonyl (C=O) groups excluding carboxylic acids is 1. The highest BCUT2D eigenvalue weighted by Crippen LogP contribution is 2.19. The molecule has 0 aliphatic carbocycles. The molecule has 0 saturated heterocycles. The van der Waals surface area contributed by atoms with E-state index in [2.05, 4.69) is 16.4 Å². The van der Waals surface area contributed by atoms with Crippen LogP contribution in [0.15, 0.2) is 40.8 Å². The van der Waals surface area contributed by atoms with Crippen LogP contribution in [-0.4, -0.2) is 29.1 Å². The predicted octanol–water partition coefficient (Wildman–Crippen LogP) is 2.52. The van der Waals surface area contributed by atoms with Gasteiger partial charge in [0.05, 0.1) is 18.8 Å². The number of nitrogens with zero attached hydrogens (tertiary/aromatic N) is 2. The summed E-state index contributed by atoms with van der Waals surface area (Å²) in [7, 11) is 1.64. The number of ether oxygens (including phenoxy) is 1. The molecule has 26 heavy (non-hydrogen) atoms. The third-order valence-corrected chi connectivity index (χ3v) is 5.00. The number of thiophene rings is 1. The van der Waals surface area contributed by atoms with Crippen LogP contribution in [0, 0.1) is 6.92 Å². The molecule has 0 aliphatic rings. The molecule has 0 fully saturated rings. The maximum Gasteiger partial charge on any atom is 0.262 e. The average Bonchev–Trinajstić information content (AvgIpc) is 3.11. The summed E-state index contributed by atoms with van der Waals surface area (Å²) in [5.74, 6) is 0.737. The maximum atomic E-state index is 12.3. The SMILES string of the molecule is COc1ccc(C)cc1CCNC(=O)CCn1cnc2sccc2c1=O. The molecule has 2 heterocycles. The second-order valence-corrected chi connectivity index (χ2v) is 6.94. The number of nitrogens with one attached hydrogen (secondary N) is 1. The van der Waals surface area contributed by atoms with Crippen LogP contribution in [-0.2, 0) is 17.8 Å². The lowest BCUT2D eigenvalue weighted by Gasteiger charge is -2.10. The Balaban J connectivity index is 1.52. The summed E-state index contributed by atoms with van der Waals surface area (Å²) in [4.78, 5) is 29.3. The van der Waals surface area contributed by atoms with Crippen molar-refractivity contribution >= 4 is 27.5 Å². The molecule has 136 valence electrons. The predicted molar refractivity (Wildman–Crippen MR) is 103 cm³/mol. The van der Waals surface area contributed by atoms with Crippen molar-refractivity contribution < 1.29 is 9.53 Å². The van der Waals surface area contributed by atoms with Crippen LogP contribution in [0.4, 0.5) is 0 Å². The summed E-state index contributed by atoms with van der Waals surface area (Å²) in [6.45, 7) is 2.87. The van der Waals surface area contributed by atoms with E-state index in [1.807, 2.05) is 24.4 Å². The van der Waals surface area contributed by atoms with Gasteiger partial charge in [0.2, 0.25) is 5.91 Å². The van der Waals surface area contributed by atoms with E-state index < -0.39 is 0 Å². The number of aryl methyl sites for hydroxylation is 2. The molecule has 3 rings (SSSR count). The van der Waals surface area contributed by atoms with Gasteiger partial charge in [-0.1, -0.05) is 17.7 Å². The lowest BCUT2D eigenvalue weighted by atomic mass is 10.1. The van der Waals surface area contributed by atoms with Gasteiger partial charge in [0.15, 0.2) is 0 Å². The number of aromatic nitrogens is 2. The summed E-state index contributed by atoms with van der Waals surface area (Å²) in [5, 5.41) is 5.34. The third kappa shape index (κ3) is 4.11. The first-order valence-corrected chi connectivity index (χ1v) is 9.29. The van der Waals surface area contributed by atoms with Crippen molar-refractivity contribution in [2.45, 2.75) is 26.3 Å². The van der Waals surface area contributed by atoms with E-state index in [4.69, 9.17) is 4.74 Å². The minimum Gasteiger partial charge on any atom is -0.496 e. The Morgan fingerprint density at radius 3 is 3.00 bits per heavy atom. The van der Waals surface area contributed by atoms with Crippen molar-refractivity contribution in [3.05, 3.63) is 57.5 Å². The van der Waals surface area contributed by atoms with Crippen molar-refractivity contribution in [2.24, 2.45) is 0 Å². The van der Waals surface area contributed by atoms with Gasteiger partial charge in [-0.3, -0.25) is 14.2 Å². The zero-order valence-electron chi connectivity index (χ0n) is 14.8. The van der Waals surface area contributed by atoms with Crippen LogP contribution in [0.2, 0.25) is 0 Å². The largest absolute Gasteiger partial charge is 0.496 e. The minimum absolute atomic E-state index is 0.0889. The molecule has 1 amide bonds. The van der Waals surface area contributed by atoms with E-state index in [0.717, 1.165) is 21.7 Å². The summed E-state index contributed by atoms with van der Waals surface area (Å²) >= 11 is 1.43. The number of methoxy groups -OCH3 is 1. The molecule has 0 spiro atoms. The van der Waals surface area contributed by atoms with Crippen molar-refractivity contribution in [3.8, 4) is 5.75 Å². The van der Waals surface area contributed by atoms with E-state index in [0.29, 0.717) is 24.9 Å². The second kappa shape index (κ2) is 8.14. The normalized spacial score (nSPS) is 10.8. The van der Waals surface area contributed by atoms with E-state index in [9.17, 15) is 9.59 Å². The Morgan fingerprint density at radius 2 is 2.19 bits per heavy atom. The van der Waals surface area contributed by atoms with E-state index >= 15 is 0 Å². The lowest BCUT2D eigenvalue weighted by Crippen LogP contribution is -2.29. The topological polar surface area (TPSA) is 73.2 Å². The Labute approximate surface area is 155 Å². The number of fused-ring (bicyclic) bond motifs is 1. The molecule has 0 radical (unpaired) electrons. The van der Waals surface area contributed by atoms with Gasteiger partial charge >= 0.3 is 0 Å². The van der Waals surface area contributed by atoms with Crippen LogP contribution in [0.3, 0.4) is 0 Å². The molecule has 2 aromatic heterocycles. The Morgan fingerprint density at radius 1 is 1.35 bits per heavy atom. The highest BCUT2D eigenvalue weighted by atomic mass is 32.1. The number of rotatable bonds is 7. The quantitative estimate of drug-likeness (QED) is 0.693. The zero-order chi connectivity index (χ0) is 18.5. The summed E-state index contributed by atoms with van der Waals surface area (Å²) in [6, 6.07) is 7.76. The van der Waals surface area contributed by atoms with Gasteiger partial charge in [0.1, 0.15) is 10.6 Å². The number of hydrogen-bond acceptors (Lipinski definition) is 5. The zero-order valence-corrected chi connectivity index (χ0v) is 15.6. The number of carbonyl (C=O) groups is 1. The highest BCUT2D eigenvalue weighted by molar-refractivity contribution is 7.16. The fourth-order valence-corrected chi connectivity index (χ4v) is 3.53. The molecule has 0 bridgehead atoms. The van der Waals surface area contributed by atoms with Gasteiger partial charge in [-0.25, -0.2) is 4.98 Å². The molecule has 3 aromatic rings. The molecule has 0 atom stereocenters. The number of benzene rings is 1. The van der Waals surface area contributed by atoms with Gasteiger partial charge < -0.3 is 10.1 Å².